The maximum absolute atomic E-state index is 12.2. The van der Waals surface area contributed by atoms with Gasteiger partial charge in [0, 0.05) is 57.2 Å². The largest absolute Gasteiger partial charge is 0.392 e. The summed E-state index contributed by atoms with van der Waals surface area (Å²) in [5.74, 6) is 2.41. The van der Waals surface area contributed by atoms with E-state index in [0.29, 0.717) is 45.7 Å². The molecule has 4 atom stereocenters. The lowest BCUT2D eigenvalue weighted by molar-refractivity contribution is -0.121. The van der Waals surface area contributed by atoms with Crippen molar-refractivity contribution in [1.82, 2.24) is 20.4 Å². The molecule has 0 saturated heterocycles. The van der Waals surface area contributed by atoms with E-state index in [2.05, 4.69) is 55.1 Å². The third-order valence-electron chi connectivity index (χ3n) is 17.1. The zero-order valence-electron chi connectivity index (χ0n) is 57.5. The average Bonchev–Trinajstić information content (AvgIpc) is 3.50. The van der Waals surface area contributed by atoms with Crippen LogP contribution in [0.5, 0.6) is 0 Å². The molecule has 0 spiro atoms. The Balaban J connectivity index is 0. The van der Waals surface area contributed by atoms with Gasteiger partial charge in [-0.05, 0) is 77.3 Å². The number of carbonyl (C=O) groups excluding carboxylic acids is 2. The quantitative estimate of drug-likeness (QED) is 0.0198. The molecule has 4 unspecified atom stereocenters. The number of aliphatic hydroxyl groups is 4. The molecule has 0 aliphatic rings. The number of nitrogens with zero attached hydrogens (tertiary/aromatic N) is 2. The number of unbranched alkanes of at least 4 members (excludes halogenated alkanes) is 39. The van der Waals surface area contributed by atoms with E-state index in [4.69, 9.17) is 0 Å². The minimum Gasteiger partial charge on any atom is -0.392 e. The van der Waals surface area contributed by atoms with Gasteiger partial charge in [0.2, 0.25) is 12.3 Å². The molecule has 0 heterocycles. The maximum Gasteiger partial charge on any atom is 0.220 e. The van der Waals surface area contributed by atoms with Crippen molar-refractivity contribution in [3.63, 3.8) is 0 Å². The Morgan fingerprint density at radius 1 is 0.341 bits per heavy atom. The van der Waals surface area contributed by atoms with Crippen molar-refractivity contribution in [2.24, 2.45) is 0 Å². The fourth-order valence-corrected chi connectivity index (χ4v) is 13.9. The van der Waals surface area contributed by atoms with E-state index in [0.717, 1.165) is 109 Å². The van der Waals surface area contributed by atoms with Crippen molar-refractivity contribution in [3.8, 4) is 0 Å². The highest BCUT2D eigenvalue weighted by Gasteiger charge is 2.18. The summed E-state index contributed by atoms with van der Waals surface area (Å²) in [4.78, 5) is 27.3. The summed E-state index contributed by atoms with van der Waals surface area (Å²) in [5.41, 5.74) is 0. The third-order valence-corrected chi connectivity index (χ3v) is 19.7. The number of hydrogen-bond donors (Lipinski definition) is 6. The van der Waals surface area contributed by atoms with Crippen molar-refractivity contribution in [2.45, 2.75) is 393 Å². The smallest absolute Gasteiger partial charge is 0.220 e. The first-order valence-corrected chi connectivity index (χ1v) is 40.0. The summed E-state index contributed by atoms with van der Waals surface area (Å²) in [6, 6.07) is 0. The van der Waals surface area contributed by atoms with Gasteiger partial charge < -0.3 is 31.1 Å². The summed E-state index contributed by atoms with van der Waals surface area (Å²) >= 11 is 0. The van der Waals surface area contributed by atoms with E-state index in [9.17, 15) is 30.0 Å². The average molecular weight is 1240 g/mol. The van der Waals surface area contributed by atoms with Gasteiger partial charge in [0.1, 0.15) is 0 Å². The van der Waals surface area contributed by atoms with Gasteiger partial charge in [0.25, 0.3) is 0 Å². The minimum atomic E-state index is -0.328. The SMILES string of the molecule is CCCCCCCCCCCCC(O)CN(CCCCNC(=O)CCCSSCCCC)CC(O)CCCCCCCCCCCC.CCCCCCCCCCCCC(O)CN(CCCCNC=O)CC(O)CCCCCCCCCCCC. The molecule has 510 valence electrons. The molecular formula is C73H150N4O6S2. The molecule has 0 aromatic carbocycles. The predicted molar refractivity (Wildman–Crippen MR) is 377 cm³/mol. The highest BCUT2D eigenvalue weighted by molar-refractivity contribution is 8.76. The molecule has 0 rings (SSSR count). The Labute approximate surface area is 538 Å². The first kappa shape index (κ1) is 86.5. The molecule has 0 aromatic heterocycles. The molecule has 2 amide bonds. The van der Waals surface area contributed by atoms with Crippen molar-refractivity contribution in [3.05, 3.63) is 0 Å². The minimum absolute atomic E-state index is 0.167. The Hall–Kier alpha value is -0.600. The highest BCUT2D eigenvalue weighted by atomic mass is 33.1. The number of nitrogens with one attached hydrogen (secondary N) is 2. The van der Waals surface area contributed by atoms with E-state index in [1.807, 2.05) is 21.6 Å². The Bertz CT molecular complexity index is 1210. The number of amides is 2. The molecule has 0 fully saturated rings. The van der Waals surface area contributed by atoms with Crippen LogP contribution in [-0.2, 0) is 9.59 Å². The van der Waals surface area contributed by atoms with E-state index >= 15 is 0 Å². The Kier molecular flexibility index (Phi) is 75.4. The first-order valence-electron chi connectivity index (χ1n) is 37.5. The second kappa shape index (κ2) is 74.1. The standard InChI is InChI=1S/C40H82N2O3S2.C33H68N2O3/c1-4-7-10-12-14-16-18-20-22-24-29-38(43)36-42(37-39(44)30-25-23-21-19-17-15-13-11-8-5-2)33-27-26-32-41-40(45)31-28-35-47-46-34-9-6-3;1-3-5-7-9-11-13-15-17-19-21-25-32(37)29-35(28-24-23-27-34-31-36)30-33(38)26-22-20-18-16-14-12-10-8-6-4-2/h38-39,43-44H,4-37H2,1-3H3,(H,41,45);31-33,37-38H,3-30H2,1-2H3,(H,34,36). The van der Waals surface area contributed by atoms with Gasteiger partial charge in [-0.25, -0.2) is 0 Å². The molecule has 0 saturated carbocycles. The first-order chi connectivity index (χ1) is 41.7. The maximum atomic E-state index is 12.2. The molecule has 6 N–H and O–H groups in total. The van der Waals surface area contributed by atoms with E-state index in [1.54, 1.807) is 0 Å². The molecule has 0 radical (unpaired) electrons. The predicted octanol–water partition coefficient (Wildman–Crippen LogP) is 19.6. The van der Waals surface area contributed by atoms with Gasteiger partial charge in [-0.15, -0.1) is 0 Å². The fourth-order valence-electron chi connectivity index (χ4n) is 11.6. The van der Waals surface area contributed by atoms with Crippen LogP contribution in [0.4, 0.5) is 0 Å². The van der Waals surface area contributed by atoms with Crippen LogP contribution >= 0.6 is 21.6 Å². The molecule has 0 aliphatic carbocycles. The molecular weight excluding hydrogens is 1090 g/mol. The monoisotopic (exact) mass is 1240 g/mol. The summed E-state index contributed by atoms with van der Waals surface area (Å²) in [7, 11) is 3.82. The zero-order chi connectivity index (χ0) is 62.4. The molecule has 10 nitrogen and oxygen atoms in total. The van der Waals surface area contributed by atoms with Crippen LogP contribution in [0.1, 0.15) is 369 Å². The van der Waals surface area contributed by atoms with Gasteiger partial charge in [-0.2, -0.15) is 0 Å². The highest BCUT2D eigenvalue weighted by Crippen LogP contribution is 2.24. The normalized spacial score (nSPS) is 13.1. The number of hydrogen-bond acceptors (Lipinski definition) is 10. The van der Waals surface area contributed by atoms with Crippen molar-refractivity contribution in [2.75, 3.05) is 63.9 Å². The van der Waals surface area contributed by atoms with Gasteiger partial charge in [0.05, 0.1) is 24.4 Å². The third kappa shape index (κ3) is 72.3. The van der Waals surface area contributed by atoms with Gasteiger partial charge >= 0.3 is 0 Å². The Morgan fingerprint density at radius 3 is 0.882 bits per heavy atom. The van der Waals surface area contributed by atoms with Crippen LogP contribution in [0, 0.1) is 0 Å². The lowest BCUT2D eigenvalue weighted by Gasteiger charge is -2.27. The lowest BCUT2D eigenvalue weighted by atomic mass is 10.0. The summed E-state index contributed by atoms with van der Waals surface area (Å²) < 4.78 is 0. The number of rotatable bonds is 71. The van der Waals surface area contributed by atoms with Gasteiger partial charge in [-0.3, -0.25) is 19.4 Å². The molecule has 0 bridgehead atoms. The van der Waals surface area contributed by atoms with Crippen LogP contribution in [0.25, 0.3) is 0 Å². The second-order valence-corrected chi connectivity index (χ2v) is 28.7. The molecule has 0 aromatic rings. The van der Waals surface area contributed by atoms with E-state index in [-0.39, 0.29) is 30.3 Å². The van der Waals surface area contributed by atoms with Gasteiger partial charge in [0.15, 0.2) is 0 Å². The second-order valence-electron chi connectivity index (χ2n) is 26.0. The number of carbonyl (C=O) groups is 2. The Morgan fingerprint density at radius 2 is 0.600 bits per heavy atom. The topological polar surface area (TPSA) is 146 Å². The molecule has 0 aliphatic heterocycles. The zero-order valence-corrected chi connectivity index (χ0v) is 59.2. The molecule has 85 heavy (non-hydrogen) atoms. The summed E-state index contributed by atoms with van der Waals surface area (Å²) in [6.45, 7) is 17.0. The lowest BCUT2D eigenvalue weighted by Crippen LogP contribution is -2.39. The van der Waals surface area contributed by atoms with Crippen LogP contribution in [0.15, 0.2) is 0 Å². The van der Waals surface area contributed by atoms with Gasteiger partial charge in [-0.1, -0.05) is 319 Å². The van der Waals surface area contributed by atoms with E-state index < -0.39 is 0 Å². The summed E-state index contributed by atoms with van der Waals surface area (Å²) in [5, 5.41) is 48.9. The van der Waals surface area contributed by atoms with Crippen LogP contribution in [-0.4, -0.2) is 131 Å². The van der Waals surface area contributed by atoms with Crippen LogP contribution in [0.2, 0.25) is 0 Å². The molecule has 12 heteroatoms. The van der Waals surface area contributed by atoms with Crippen molar-refractivity contribution in [1.29, 1.82) is 0 Å². The van der Waals surface area contributed by atoms with E-state index in [1.165, 1.54) is 250 Å². The summed E-state index contributed by atoms with van der Waals surface area (Å²) in [6.07, 6.45) is 63.2. The fraction of sp³-hybridized carbons (Fsp3) is 0.973. The van der Waals surface area contributed by atoms with Crippen molar-refractivity contribution >= 4 is 33.9 Å². The van der Waals surface area contributed by atoms with Crippen molar-refractivity contribution < 1.29 is 30.0 Å². The van der Waals surface area contributed by atoms with Crippen LogP contribution < -0.4 is 10.6 Å². The number of aliphatic hydroxyl groups excluding tert-OH is 4. The van der Waals surface area contributed by atoms with Crippen LogP contribution in [0.3, 0.4) is 0 Å².